The molecule has 0 amide bonds. The SMILES string of the molecule is CC(=O)OCc1cc(Cl)c(C#N)c(=O)n1-c1ccccc1Cl. The zero-order valence-corrected chi connectivity index (χ0v) is 13.0. The molecule has 22 heavy (non-hydrogen) atoms. The largest absolute Gasteiger partial charge is 0.459 e. The van der Waals surface area contributed by atoms with Crippen LogP contribution in [0.4, 0.5) is 0 Å². The van der Waals surface area contributed by atoms with Crippen molar-refractivity contribution in [3.8, 4) is 11.8 Å². The van der Waals surface area contributed by atoms with Gasteiger partial charge in [-0.25, -0.2) is 0 Å². The number of halogens is 2. The lowest BCUT2D eigenvalue weighted by molar-refractivity contribution is -0.142. The van der Waals surface area contributed by atoms with Gasteiger partial charge in [-0.05, 0) is 18.2 Å². The smallest absolute Gasteiger partial charge is 0.303 e. The summed E-state index contributed by atoms with van der Waals surface area (Å²) in [6.07, 6.45) is 0. The lowest BCUT2D eigenvalue weighted by Crippen LogP contribution is -2.25. The number of pyridine rings is 1. The molecule has 1 aromatic heterocycles. The summed E-state index contributed by atoms with van der Waals surface area (Å²) in [7, 11) is 0. The molecule has 0 aliphatic rings. The molecule has 0 saturated carbocycles. The highest BCUT2D eigenvalue weighted by atomic mass is 35.5. The van der Waals surface area contributed by atoms with E-state index >= 15 is 0 Å². The molecule has 5 nitrogen and oxygen atoms in total. The van der Waals surface area contributed by atoms with Crippen molar-refractivity contribution in [3.63, 3.8) is 0 Å². The quantitative estimate of drug-likeness (QED) is 0.807. The molecule has 2 rings (SSSR count). The number of nitrogens with zero attached hydrogens (tertiary/aromatic N) is 2. The fourth-order valence-corrected chi connectivity index (χ4v) is 2.38. The standard InChI is InChI=1S/C15H10Cl2N2O3/c1-9(20)22-8-10-6-13(17)11(7-18)15(21)19(10)14-5-3-2-4-12(14)16/h2-6H,8H2,1H3. The van der Waals surface area contributed by atoms with Gasteiger partial charge in [0.15, 0.2) is 0 Å². The Bertz CT molecular complexity index is 838. The molecule has 1 aromatic carbocycles. The van der Waals surface area contributed by atoms with Crippen molar-refractivity contribution in [3.05, 3.63) is 62.0 Å². The third kappa shape index (κ3) is 3.14. The Balaban J connectivity index is 2.74. The average Bonchev–Trinajstić information content (AvgIpc) is 2.46. The van der Waals surface area contributed by atoms with E-state index in [4.69, 9.17) is 33.2 Å². The maximum absolute atomic E-state index is 12.5. The highest BCUT2D eigenvalue weighted by molar-refractivity contribution is 6.32. The van der Waals surface area contributed by atoms with Crippen LogP contribution in [-0.2, 0) is 16.1 Å². The number of carbonyl (C=O) groups excluding carboxylic acids is 1. The van der Waals surface area contributed by atoms with Crippen LogP contribution < -0.4 is 5.56 Å². The highest BCUT2D eigenvalue weighted by Crippen LogP contribution is 2.23. The Kier molecular flexibility index (Phi) is 4.86. The van der Waals surface area contributed by atoms with Gasteiger partial charge in [-0.1, -0.05) is 35.3 Å². The summed E-state index contributed by atoms with van der Waals surface area (Å²) < 4.78 is 6.15. The maximum atomic E-state index is 12.5. The third-order valence-electron chi connectivity index (χ3n) is 2.86. The third-order valence-corrected chi connectivity index (χ3v) is 3.48. The monoisotopic (exact) mass is 336 g/mol. The molecule has 0 N–H and O–H groups in total. The van der Waals surface area contributed by atoms with Gasteiger partial charge >= 0.3 is 5.97 Å². The Labute approximate surface area is 136 Å². The van der Waals surface area contributed by atoms with Gasteiger partial charge in [0.25, 0.3) is 5.56 Å². The molecule has 2 aromatic rings. The van der Waals surface area contributed by atoms with Crippen LogP contribution in [0.25, 0.3) is 5.69 Å². The van der Waals surface area contributed by atoms with Crippen molar-refractivity contribution in [2.24, 2.45) is 0 Å². The number of rotatable bonds is 3. The first-order valence-corrected chi connectivity index (χ1v) is 6.94. The van der Waals surface area contributed by atoms with E-state index in [1.54, 1.807) is 30.3 Å². The summed E-state index contributed by atoms with van der Waals surface area (Å²) in [5.41, 5.74) is -0.125. The lowest BCUT2D eigenvalue weighted by atomic mass is 10.2. The molecular formula is C15H10Cl2N2O3. The fourth-order valence-electron chi connectivity index (χ4n) is 1.91. The summed E-state index contributed by atoms with van der Waals surface area (Å²) in [6, 6.07) is 9.82. The van der Waals surface area contributed by atoms with Gasteiger partial charge < -0.3 is 4.74 Å². The number of hydrogen-bond donors (Lipinski definition) is 0. The first-order chi connectivity index (χ1) is 10.5. The van der Waals surface area contributed by atoms with E-state index in [-0.39, 0.29) is 17.2 Å². The number of aromatic nitrogens is 1. The number of benzene rings is 1. The first-order valence-electron chi connectivity index (χ1n) is 6.18. The summed E-state index contributed by atoms with van der Waals surface area (Å²) in [6.45, 7) is 1.09. The number of nitriles is 1. The second kappa shape index (κ2) is 6.65. The minimum Gasteiger partial charge on any atom is -0.459 e. The van der Waals surface area contributed by atoms with Crippen LogP contribution in [0, 0.1) is 11.3 Å². The first kappa shape index (κ1) is 16.1. The molecule has 0 radical (unpaired) electrons. The Morgan fingerprint density at radius 1 is 1.32 bits per heavy atom. The molecule has 112 valence electrons. The minimum atomic E-state index is -0.620. The van der Waals surface area contributed by atoms with Crippen LogP contribution in [0.15, 0.2) is 35.1 Å². The predicted octanol–water partition coefficient (Wildman–Crippen LogP) is 3.08. The molecule has 0 fully saturated rings. The van der Waals surface area contributed by atoms with Crippen molar-refractivity contribution < 1.29 is 9.53 Å². The minimum absolute atomic E-state index is 0.00189. The maximum Gasteiger partial charge on any atom is 0.303 e. The van der Waals surface area contributed by atoms with Crippen LogP contribution in [0.3, 0.4) is 0 Å². The van der Waals surface area contributed by atoms with Crippen molar-refractivity contribution in [1.82, 2.24) is 4.57 Å². The van der Waals surface area contributed by atoms with E-state index in [1.165, 1.54) is 17.6 Å². The van der Waals surface area contributed by atoms with Crippen LogP contribution in [0.1, 0.15) is 18.2 Å². The Hall–Kier alpha value is -2.29. The van der Waals surface area contributed by atoms with Crippen LogP contribution in [0.5, 0.6) is 0 Å². The van der Waals surface area contributed by atoms with Crippen molar-refractivity contribution in [2.45, 2.75) is 13.5 Å². The molecule has 0 aliphatic carbocycles. The van der Waals surface area contributed by atoms with E-state index in [1.807, 2.05) is 0 Å². The zero-order chi connectivity index (χ0) is 16.3. The number of carbonyl (C=O) groups is 1. The summed E-state index contributed by atoms with van der Waals surface area (Å²) in [4.78, 5) is 23.5. The summed E-state index contributed by atoms with van der Waals surface area (Å²) in [5, 5.41) is 9.40. The van der Waals surface area contributed by atoms with Gasteiger partial charge in [-0.15, -0.1) is 0 Å². The fraction of sp³-hybridized carbons (Fsp3) is 0.133. The van der Waals surface area contributed by atoms with Crippen LogP contribution in [-0.4, -0.2) is 10.5 Å². The van der Waals surface area contributed by atoms with E-state index in [2.05, 4.69) is 0 Å². The lowest BCUT2D eigenvalue weighted by Gasteiger charge is -2.15. The average molecular weight is 337 g/mol. The van der Waals surface area contributed by atoms with Gasteiger partial charge in [0, 0.05) is 6.92 Å². The van der Waals surface area contributed by atoms with E-state index in [0.29, 0.717) is 16.4 Å². The van der Waals surface area contributed by atoms with Crippen LogP contribution in [0.2, 0.25) is 10.0 Å². The molecule has 7 heteroatoms. The van der Waals surface area contributed by atoms with Crippen molar-refractivity contribution in [2.75, 3.05) is 0 Å². The Morgan fingerprint density at radius 3 is 2.59 bits per heavy atom. The highest BCUT2D eigenvalue weighted by Gasteiger charge is 2.17. The van der Waals surface area contributed by atoms with Crippen molar-refractivity contribution in [1.29, 1.82) is 5.26 Å². The summed E-state index contributed by atoms with van der Waals surface area (Å²) in [5.74, 6) is -0.501. The Morgan fingerprint density at radius 2 is 2.00 bits per heavy atom. The van der Waals surface area contributed by atoms with Gasteiger partial charge in [0.1, 0.15) is 18.2 Å². The molecule has 0 unspecified atom stereocenters. The van der Waals surface area contributed by atoms with Gasteiger partial charge in [-0.3, -0.25) is 14.2 Å². The number of hydrogen-bond acceptors (Lipinski definition) is 4. The molecule has 0 atom stereocenters. The molecule has 0 aliphatic heterocycles. The zero-order valence-electron chi connectivity index (χ0n) is 11.5. The molecular weight excluding hydrogens is 327 g/mol. The molecule has 1 heterocycles. The van der Waals surface area contributed by atoms with Gasteiger partial charge in [0.2, 0.25) is 0 Å². The second-order valence-electron chi connectivity index (χ2n) is 4.34. The van der Waals surface area contributed by atoms with E-state index in [9.17, 15) is 9.59 Å². The molecule has 0 saturated heterocycles. The molecule has 0 bridgehead atoms. The van der Waals surface area contributed by atoms with E-state index in [0.717, 1.165) is 0 Å². The van der Waals surface area contributed by atoms with Gasteiger partial charge in [0.05, 0.1) is 21.4 Å². The van der Waals surface area contributed by atoms with E-state index < -0.39 is 11.5 Å². The summed E-state index contributed by atoms with van der Waals surface area (Å²) >= 11 is 12.1. The van der Waals surface area contributed by atoms with Gasteiger partial charge in [-0.2, -0.15) is 5.26 Å². The van der Waals surface area contributed by atoms with Crippen molar-refractivity contribution >= 4 is 29.2 Å². The normalized spacial score (nSPS) is 10.1. The predicted molar refractivity (Wildman–Crippen MR) is 82.2 cm³/mol. The number of para-hydroxylation sites is 1. The second-order valence-corrected chi connectivity index (χ2v) is 5.16. The van der Waals surface area contributed by atoms with Crippen LogP contribution >= 0.6 is 23.2 Å². The molecule has 0 spiro atoms. The number of ether oxygens (including phenoxy) is 1. The number of esters is 1. The topological polar surface area (TPSA) is 72.1 Å².